The van der Waals surface area contributed by atoms with Crippen molar-refractivity contribution in [2.75, 3.05) is 26.9 Å². The number of ether oxygens (including phenoxy) is 2. The fourth-order valence-electron chi connectivity index (χ4n) is 3.78. The Morgan fingerprint density at radius 3 is 2.71 bits per heavy atom. The monoisotopic (exact) mass is 283 g/mol. The van der Waals surface area contributed by atoms with Crippen LogP contribution in [0.4, 0.5) is 0 Å². The van der Waals surface area contributed by atoms with E-state index in [1.807, 2.05) is 7.05 Å². The third-order valence-electron chi connectivity index (χ3n) is 4.77. The van der Waals surface area contributed by atoms with Gasteiger partial charge in [-0.2, -0.15) is 0 Å². The number of hydrogen-bond acceptors (Lipinski definition) is 3. The minimum Gasteiger partial charge on any atom is -0.376 e. The van der Waals surface area contributed by atoms with Gasteiger partial charge in [-0.15, -0.1) is 0 Å². The molecule has 1 N–H and O–H groups in total. The maximum absolute atomic E-state index is 5.92. The van der Waals surface area contributed by atoms with E-state index in [9.17, 15) is 0 Å². The van der Waals surface area contributed by atoms with Gasteiger partial charge >= 0.3 is 0 Å². The van der Waals surface area contributed by atoms with E-state index in [0.29, 0.717) is 19.8 Å². The lowest BCUT2D eigenvalue weighted by Gasteiger charge is -2.31. The van der Waals surface area contributed by atoms with E-state index < -0.39 is 0 Å². The molecule has 2 aromatic rings. The average molecular weight is 283 g/mol. The second kappa shape index (κ2) is 5.41. The first kappa shape index (κ1) is 13.3. The van der Waals surface area contributed by atoms with Gasteiger partial charge in [0.25, 0.3) is 0 Å². The summed E-state index contributed by atoms with van der Waals surface area (Å²) < 4.78 is 11.5. The van der Waals surface area contributed by atoms with Crippen molar-refractivity contribution in [3.05, 3.63) is 47.0 Å². The molecule has 1 aliphatic heterocycles. The molecule has 21 heavy (non-hydrogen) atoms. The molecule has 2 aromatic carbocycles. The van der Waals surface area contributed by atoms with Gasteiger partial charge in [0.15, 0.2) is 0 Å². The maximum Gasteiger partial charge on any atom is 0.100 e. The summed E-state index contributed by atoms with van der Waals surface area (Å²) in [5, 5.41) is 6.27. The van der Waals surface area contributed by atoms with Crippen LogP contribution in [0.2, 0.25) is 0 Å². The van der Waals surface area contributed by atoms with Crippen molar-refractivity contribution >= 4 is 10.8 Å². The van der Waals surface area contributed by atoms with Crippen molar-refractivity contribution in [2.24, 2.45) is 0 Å². The Morgan fingerprint density at radius 2 is 1.95 bits per heavy atom. The topological polar surface area (TPSA) is 30.5 Å². The summed E-state index contributed by atoms with van der Waals surface area (Å²) >= 11 is 0. The van der Waals surface area contributed by atoms with Crippen molar-refractivity contribution in [3.8, 4) is 0 Å². The number of hydrogen-bond donors (Lipinski definition) is 1. The second-order valence-corrected chi connectivity index (χ2v) is 5.90. The zero-order valence-electron chi connectivity index (χ0n) is 12.4. The van der Waals surface area contributed by atoms with Gasteiger partial charge in [-0.1, -0.05) is 30.3 Å². The van der Waals surface area contributed by atoms with Crippen LogP contribution >= 0.6 is 0 Å². The molecule has 0 radical (unpaired) electrons. The first-order chi connectivity index (χ1) is 10.4. The molecule has 2 atom stereocenters. The Balaban J connectivity index is 1.82. The van der Waals surface area contributed by atoms with Crippen molar-refractivity contribution in [2.45, 2.75) is 25.0 Å². The molecule has 0 aromatic heterocycles. The van der Waals surface area contributed by atoms with Crippen LogP contribution in [0.25, 0.3) is 10.8 Å². The van der Waals surface area contributed by atoms with E-state index in [-0.39, 0.29) is 12.1 Å². The highest BCUT2D eigenvalue weighted by Crippen LogP contribution is 2.36. The first-order valence-electron chi connectivity index (χ1n) is 7.78. The van der Waals surface area contributed by atoms with Crippen molar-refractivity contribution in [1.29, 1.82) is 0 Å². The van der Waals surface area contributed by atoms with Crippen molar-refractivity contribution < 1.29 is 9.47 Å². The number of rotatable bonds is 3. The minimum absolute atomic E-state index is 0.0854. The lowest BCUT2D eigenvalue weighted by molar-refractivity contribution is -0.101. The molecule has 1 heterocycles. The molecule has 1 fully saturated rings. The fraction of sp³-hybridized carbons (Fsp3) is 0.444. The summed E-state index contributed by atoms with van der Waals surface area (Å²) in [4.78, 5) is 0. The van der Waals surface area contributed by atoms with Gasteiger partial charge in [-0.05, 0) is 47.4 Å². The van der Waals surface area contributed by atoms with Crippen LogP contribution in [0.3, 0.4) is 0 Å². The van der Waals surface area contributed by atoms with Crippen molar-refractivity contribution in [3.63, 3.8) is 0 Å². The van der Waals surface area contributed by atoms with E-state index >= 15 is 0 Å². The Morgan fingerprint density at radius 1 is 1.10 bits per heavy atom. The summed E-state index contributed by atoms with van der Waals surface area (Å²) in [6, 6.07) is 11.4. The average Bonchev–Trinajstić information content (AvgIpc) is 2.96. The number of benzene rings is 2. The third kappa shape index (κ3) is 2.16. The molecule has 3 nitrogen and oxygen atoms in total. The molecule has 1 aliphatic carbocycles. The molecule has 0 saturated carbocycles. The Kier molecular flexibility index (Phi) is 3.42. The molecule has 2 unspecified atom stereocenters. The highest BCUT2D eigenvalue weighted by Gasteiger charge is 2.28. The molecular formula is C18H21NO2. The summed E-state index contributed by atoms with van der Waals surface area (Å²) in [7, 11) is 2.01. The normalized spacial score (nSPS) is 22.6. The van der Waals surface area contributed by atoms with Gasteiger partial charge < -0.3 is 14.8 Å². The van der Waals surface area contributed by atoms with E-state index in [1.165, 1.54) is 40.3 Å². The second-order valence-electron chi connectivity index (χ2n) is 5.90. The highest BCUT2D eigenvalue weighted by atomic mass is 16.6. The van der Waals surface area contributed by atoms with E-state index in [2.05, 4.69) is 35.6 Å². The molecule has 0 spiro atoms. The van der Waals surface area contributed by atoms with Crippen LogP contribution in [0, 0.1) is 0 Å². The van der Waals surface area contributed by atoms with Crippen LogP contribution in [0.15, 0.2) is 30.3 Å². The van der Waals surface area contributed by atoms with Crippen LogP contribution in [-0.2, 0) is 22.3 Å². The molecule has 110 valence electrons. The van der Waals surface area contributed by atoms with E-state index in [4.69, 9.17) is 9.47 Å². The van der Waals surface area contributed by atoms with Crippen LogP contribution in [0.5, 0.6) is 0 Å². The van der Waals surface area contributed by atoms with Crippen molar-refractivity contribution in [1.82, 2.24) is 5.32 Å². The van der Waals surface area contributed by atoms with Gasteiger partial charge in [0, 0.05) is 0 Å². The zero-order chi connectivity index (χ0) is 14.2. The number of likely N-dealkylation sites (N-methyl/N-ethyl adjacent to an activating group) is 1. The van der Waals surface area contributed by atoms with Gasteiger partial charge in [0.1, 0.15) is 6.10 Å². The van der Waals surface area contributed by atoms with Gasteiger partial charge in [0.05, 0.1) is 25.9 Å². The Labute approximate surface area is 125 Å². The van der Waals surface area contributed by atoms with Gasteiger partial charge in [-0.25, -0.2) is 0 Å². The minimum atomic E-state index is 0.0854. The smallest absolute Gasteiger partial charge is 0.100 e. The molecular weight excluding hydrogens is 262 g/mol. The zero-order valence-corrected chi connectivity index (χ0v) is 12.4. The molecule has 1 saturated heterocycles. The van der Waals surface area contributed by atoms with Crippen LogP contribution in [0.1, 0.15) is 22.7 Å². The lowest BCUT2D eigenvalue weighted by Crippen LogP contribution is -2.39. The molecule has 3 heteroatoms. The third-order valence-corrected chi connectivity index (χ3v) is 4.77. The van der Waals surface area contributed by atoms with Gasteiger partial charge in [-0.3, -0.25) is 0 Å². The largest absolute Gasteiger partial charge is 0.376 e. The summed E-state index contributed by atoms with van der Waals surface area (Å²) in [6.07, 6.45) is 2.43. The Hall–Kier alpha value is -1.42. The van der Waals surface area contributed by atoms with Crippen LogP contribution < -0.4 is 5.32 Å². The predicted octanol–water partition coefficient (Wildman–Crippen LogP) is 2.61. The SMILES string of the molecule is CNC(c1ccc2c3c(cccc13)CC2)C1COCCO1. The van der Waals surface area contributed by atoms with Crippen LogP contribution in [-0.4, -0.2) is 33.0 Å². The summed E-state index contributed by atoms with van der Waals surface area (Å²) in [6.45, 7) is 2.05. The molecule has 4 rings (SSSR count). The maximum atomic E-state index is 5.92. The quantitative estimate of drug-likeness (QED) is 0.939. The number of aryl methyl sites for hydroxylation is 2. The summed E-state index contributed by atoms with van der Waals surface area (Å²) in [5.74, 6) is 0. The predicted molar refractivity (Wildman–Crippen MR) is 83.7 cm³/mol. The first-order valence-corrected chi connectivity index (χ1v) is 7.78. The lowest BCUT2D eigenvalue weighted by atomic mass is 9.93. The molecule has 0 amide bonds. The number of nitrogens with one attached hydrogen (secondary N) is 1. The fourth-order valence-corrected chi connectivity index (χ4v) is 3.78. The standard InChI is InChI=1S/C18H21NO2/c1-19-18(16-11-20-9-10-21-16)15-8-7-13-6-5-12-3-2-4-14(15)17(12)13/h2-4,7-8,16,18-19H,5-6,9-11H2,1H3. The van der Waals surface area contributed by atoms with Gasteiger partial charge in [0.2, 0.25) is 0 Å². The van der Waals surface area contributed by atoms with E-state index in [0.717, 1.165) is 0 Å². The molecule has 2 aliphatic rings. The molecule has 0 bridgehead atoms. The Bertz CT molecular complexity index is 651. The highest BCUT2D eigenvalue weighted by molar-refractivity contribution is 5.93. The van der Waals surface area contributed by atoms with E-state index in [1.54, 1.807) is 0 Å². The summed E-state index contributed by atoms with van der Waals surface area (Å²) in [5.41, 5.74) is 4.30.